The largest absolute Gasteiger partial charge is 0.496 e. The number of hydrogen-bond acceptors (Lipinski definition) is 4. The van der Waals surface area contributed by atoms with E-state index in [-0.39, 0.29) is 24.0 Å². The van der Waals surface area contributed by atoms with E-state index in [1.165, 1.54) is 22.3 Å². The van der Waals surface area contributed by atoms with Gasteiger partial charge < -0.3 is 20.1 Å². The van der Waals surface area contributed by atoms with E-state index in [2.05, 4.69) is 65.8 Å². The van der Waals surface area contributed by atoms with Gasteiger partial charge in [0.15, 0.2) is 5.96 Å². The van der Waals surface area contributed by atoms with Crippen molar-refractivity contribution in [3.8, 4) is 5.75 Å². The fraction of sp³-hybridized carbons (Fsp3) is 0.480. The lowest BCUT2D eigenvalue weighted by atomic mass is 10.1. The predicted molar refractivity (Wildman–Crippen MR) is 142 cm³/mol. The van der Waals surface area contributed by atoms with Crippen LogP contribution in [-0.4, -0.2) is 57.4 Å². The Labute approximate surface area is 209 Å². The summed E-state index contributed by atoms with van der Waals surface area (Å²) in [4.78, 5) is 7.30. The number of aryl methyl sites for hydroxylation is 1. The highest BCUT2D eigenvalue weighted by molar-refractivity contribution is 14.0. The topological polar surface area (TPSA) is 58.1 Å². The van der Waals surface area contributed by atoms with Crippen molar-refractivity contribution in [2.45, 2.75) is 33.4 Å². The van der Waals surface area contributed by atoms with Crippen molar-refractivity contribution in [2.24, 2.45) is 4.99 Å². The fourth-order valence-electron chi connectivity index (χ4n) is 3.79. The van der Waals surface area contributed by atoms with Crippen LogP contribution in [0, 0.1) is 6.92 Å². The standard InChI is InChI=1S/C25H36N4O2.HI/c1-4-26-25(27-12-11-21-17-20(2)9-10-24(21)30-3)28-18-22-7-5-6-8-23(22)19-29-13-15-31-16-14-29;/h5-10,17H,4,11-16,18-19H2,1-3H3,(H2,26,27,28);1H. The van der Waals surface area contributed by atoms with Gasteiger partial charge in [0.2, 0.25) is 0 Å². The Balaban J connectivity index is 0.00000363. The van der Waals surface area contributed by atoms with Crippen LogP contribution in [0.1, 0.15) is 29.2 Å². The third kappa shape index (κ3) is 8.26. The number of nitrogens with one attached hydrogen (secondary N) is 2. The summed E-state index contributed by atoms with van der Waals surface area (Å²) in [6.07, 6.45) is 0.878. The lowest BCUT2D eigenvalue weighted by Crippen LogP contribution is -2.38. The minimum atomic E-state index is 0. The Hall–Kier alpha value is -1.84. The van der Waals surface area contributed by atoms with Gasteiger partial charge in [-0.15, -0.1) is 24.0 Å². The van der Waals surface area contributed by atoms with Gasteiger partial charge in [0.25, 0.3) is 0 Å². The van der Waals surface area contributed by atoms with Gasteiger partial charge in [-0.1, -0.05) is 42.0 Å². The van der Waals surface area contributed by atoms with Crippen molar-refractivity contribution in [1.29, 1.82) is 0 Å². The molecular weight excluding hydrogens is 515 g/mol. The highest BCUT2D eigenvalue weighted by Gasteiger charge is 2.12. The third-order valence-electron chi connectivity index (χ3n) is 5.49. The van der Waals surface area contributed by atoms with Crippen molar-refractivity contribution in [2.75, 3.05) is 46.5 Å². The van der Waals surface area contributed by atoms with Crippen molar-refractivity contribution in [1.82, 2.24) is 15.5 Å². The molecular formula is C25H37IN4O2. The smallest absolute Gasteiger partial charge is 0.191 e. The lowest BCUT2D eigenvalue weighted by molar-refractivity contribution is 0.0341. The van der Waals surface area contributed by atoms with Gasteiger partial charge in [0.1, 0.15) is 5.75 Å². The Morgan fingerprint density at radius 2 is 1.81 bits per heavy atom. The molecule has 176 valence electrons. The maximum absolute atomic E-state index is 5.50. The number of aliphatic imine (C=N–C) groups is 1. The molecule has 6 nitrogen and oxygen atoms in total. The summed E-state index contributed by atoms with van der Waals surface area (Å²) in [6.45, 7) is 11.0. The van der Waals surface area contributed by atoms with Crippen LogP contribution in [0.4, 0.5) is 0 Å². The number of ether oxygens (including phenoxy) is 2. The van der Waals surface area contributed by atoms with Gasteiger partial charge in [-0.05, 0) is 43.0 Å². The molecule has 0 spiro atoms. The molecule has 1 saturated heterocycles. The van der Waals surface area contributed by atoms with Crippen LogP contribution in [0.15, 0.2) is 47.5 Å². The Morgan fingerprint density at radius 1 is 1.06 bits per heavy atom. The minimum absolute atomic E-state index is 0. The first-order valence-electron chi connectivity index (χ1n) is 11.2. The first-order chi connectivity index (χ1) is 15.2. The quantitative estimate of drug-likeness (QED) is 0.282. The van der Waals surface area contributed by atoms with E-state index in [4.69, 9.17) is 14.5 Å². The molecule has 2 aromatic carbocycles. The van der Waals surface area contributed by atoms with Crippen LogP contribution in [0.3, 0.4) is 0 Å². The summed E-state index contributed by atoms with van der Waals surface area (Å²) in [6, 6.07) is 14.9. The molecule has 0 aliphatic carbocycles. The van der Waals surface area contributed by atoms with E-state index >= 15 is 0 Å². The van der Waals surface area contributed by atoms with Crippen molar-refractivity contribution < 1.29 is 9.47 Å². The van der Waals surface area contributed by atoms with E-state index in [0.717, 1.165) is 64.1 Å². The fourth-order valence-corrected chi connectivity index (χ4v) is 3.79. The highest BCUT2D eigenvalue weighted by atomic mass is 127. The second-order valence-corrected chi connectivity index (χ2v) is 7.84. The Morgan fingerprint density at radius 3 is 2.53 bits per heavy atom. The molecule has 0 unspecified atom stereocenters. The molecule has 3 rings (SSSR count). The second kappa shape index (κ2) is 14.3. The number of rotatable bonds is 9. The summed E-state index contributed by atoms with van der Waals surface area (Å²) in [5, 5.41) is 6.83. The number of methoxy groups -OCH3 is 1. The second-order valence-electron chi connectivity index (χ2n) is 7.84. The Bertz CT molecular complexity index is 854. The number of morpholine rings is 1. The zero-order valence-electron chi connectivity index (χ0n) is 19.5. The SMILES string of the molecule is CCNC(=NCc1ccccc1CN1CCOCC1)NCCc1cc(C)ccc1OC.I. The molecule has 2 N–H and O–H groups in total. The van der Waals surface area contributed by atoms with Gasteiger partial charge in [0.05, 0.1) is 26.9 Å². The Kier molecular flexibility index (Phi) is 11.8. The molecule has 0 aromatic heterocycles. The maximum Gasteiger partial charge on any atom is 0.191 e. The van der Waals surface area contributed by atoms with Gasteiger partial charge in [0, 0.05) is 32.7 Å². The summed E-state index contributed by atoms with van der Waals surface area (Å²) >= 11 is 0. The molecule has 0 radical (unpaired) electrons. The van der Waals surface area contributed by atoms with Gasteiger partial charge in [-0.3, -0.25) is 4.90 Å². The summed E-state index contributed by atoms with van der Waals surface area (Å²) in [5.74, 6) is 1.78. The van der Waals surface area contributed by atoms with Gasteiger partial charge >= 0.3 is 0 Å². The normalized spacial score (nSPS) is 14.5. The average Bonchev–Trinajstić information content (AvgIpc) is 2.79. The molecule has 0 saturated carbocycles. The third-order valence-corrected chi connectivity index (χ3v) is 5.49. The summed E-state index contributed by atoms with van der Waals surface area (Å²) < 4.78 is 11.0. The van der Waals surface area contributed by atoms with Crippen LogP contribution in [0.25, 0.3) is 0 Å². The molecule has 0 atom stereocenters. The molecule has 1 heterocycles. The van der Waals surface area contributed by atoms with Gasteiger partial charge in [-0.2, -0.15) is 0 Å². The first kappa shape index (κ1) is 26.4. The monoisotopic (exact) mass is 552 g/mol. The number of benzene rings is 2. The van der Waals surface area contributed by atoms with Crippen LogP contribution >= 0.6 is 24.0 Å². The molecule has 7 heteroatoms. The van der Waals surface area contributed by atoms with E-state index < -0.39 is 0 Å². The number of halogens is 1. The lowest BCUT2D eigenvalue weighted by Gasteiger charge is -2.27. The van der Waals surface area contributed by atoms with Crippen LogP contribution in [0.5, 0.6) is 5.75 Å². The van der Waals surface area contributed by atoms with Crippen molar-refractivity contribution in [3.63, 3.8) is 0 Å². The van der Waals surface area contributed by atoms with Crippen molar-refractivity contribution in [3.05, 3.63) is 64.7 Å². The molecule has 1 aliphatic rings. The maximum atomic E-state index is 5.50. The zero-order valence-corrected chi connectivity index (χ0v) is 21.9. The first-order valence-corrected chi connectivity index (χ1v) is 11.2. The number of hydrogen-bond donors (Lipinski definition) is 2. The van der Waals surface area contributed by atoms with E-state index in [1.807, 2.05) is 6.07 Å². The van der Waals surface area contributed by atoms with Gasteiger partial charge in [-0.25, -0.2) is 4.99 Å². The van der Waals surface area contributed by atoms with Crippen LogP contribution in [-0.2, 0) is 24.2 Å². The predicted octanol–water partition coefficient (Wildman–Crippen LogP) is 3.75. The molecule has 1 fully saturated rings. The number of guanidine groups is 1. The summed E-state index contributed by atoms with van der Waals surface area (Å²) in [5.41, 5.74) is 5.06. The van der Waals surface area contributed by atoms with Crippen LogP contribution in [0.2, 0.25) is 0 Å². The highest BCUT2D eigenvalue weighted by Crippen LogP contribution is 2.19. The molecule has 2 aromatic rings. The van der Waals surface area contributed by atoms with Crippen LogP contribution < -0.4 is 15.4 Å². The molecule has 0 amide bonds. The van der Waals surface area contributed by atoms with E-state index in [0.29, 0.717) is 6.54 Å². The van der Waals surface area contributed by atoms with E-state index in [9.17, 15) is 0 Å². The molecule has 1 aliphatic heterocycles. The zero-order chi connectivity index (χ0) is 21.9. The van der Waals surface area contributed by atoms with E-state index in [1.54, 1.807) is 7.11 Å². The summed E-state index contributed by atoms with van der Waals surface area (Å²) in [7, 11) is 1.72. The minimum Gasteiger partial charge on any atom is -0.496 e. The number of nitrogens with zero attached hydrogens (tertiary/aromatic N) is 2. The molecule has 0 bridgehead atoms. The average molecular weight is 553 g/mol. The molecule has 32 heavy (non-hydrogen) atoms. The van der Waals surface area contributed by atoms with Crippen molar-refractivity contribution >= 4 is 29.9 Å².